The molecule has 4 aromatic rings. The van der Waals surface area contributed by atoms with E-state index in [4.69, 9.17) is 4.98 Å². The Kier molecular flexibility index (Phi) is 4.81. The van der Waals surface area contributed by atoms with Gasteiger partial charge in [-0.05, 0) is 29.3 Å². The van der Waals surface area contributed by atoms with Crippen molar-refractivity contribution in [3.05, 3.63) is 71.0 Å². The summed E-state index contributed by atoms with van der Waals surface area (Å²) in [5.74, 6) is 0.643. The molecule has 0 unspecified atom stereocenters. The van der Waals surface area contributed by atoms with Crippen LogP contribution >= 0.6 is 24.0 Å². The number of nitrogens with one attached hydrogen (secondary N) is 1. The summed E-state index contributed by atoms with van der Waals surface area (Å²) in [5, 5.41) is 4.20. The minimum atomic E-state index is -0.472. The molecule has 0 amide bonds. The number of thiol groups is 1. The fraction of sp³-hybridized carbons (Fsp3) is 0.105. The van der Waals surface area contributed by atoms with Gasteiger partial charge in [-0.15, -0.1) is 12.6 Å². The van der Waals surface area contributed by atoms with Crippen molar-refractivity contribution in [2.45, 2.75) is 18.0 Å². The van der Waals surface area contributed by atoms with Crippen LogP contribution in [0.4, 0.5) is 15.9 Å². The molecule has 2 aromatic heterocycles. The number of fused-ring (bicyclic) bond motifs is 1. The number of hydrogen-bond donors (Lipinski definition) is 2. The molecule has 0 aliphatic heterocycles. The molecule has 7 heteroatoms. The van der Waals surface area contributed by atoms with Crippen LogP contribution < -0.4 is 5.32 Å². The van der Waals surface area contributed by atoms with E-state index in [1.165, 1.54) is 6.33 Å². The zero-order valence-electron chi connectivity index (χ0n) is 13.7. The number of benzene rings is 2. The van der Waals surface area contributed by atoms with Crippen molar-refractivity contribution in [3.63, 3.8) is 0 Å². The van der Waals surface area contributed by atoms with Gasteiger partial charge >= 0.3 is 0 Å². The van der Waals surface area contributed by atoms with E-state index in [2.05, 4.69) is 27.9 Å². The summed E-state index contributed by atoms with van der Waals surface area (Å²) in [6.45, 7) is -0.472. The monoisotopic (exact) mass is 382 g/mol. The molecule has 1 N–H and O–H groups in total. The molecule has 0 saturated carbocycles. The molecule has 26 heavy (non-hydrogen) atoms. The summed E-state index contributed by atoms with van der Waals surface area (Å²) in [4.78, 5) is 15.1. The maximum atomic E-state index is 12.6. The van der Waals surface area contributed by atoms with Crippen LogP contribution in [0.3, 0.4) is 0 Å². The number of halogens is 1. The highest BCUT2D eigenvalue weighted by Crippen LogP contribution is 2.29. The highest BCUT2D eigenvalue weighted by Gasteiger charge is 2.12. The Labute approximate surface area is 159 Å². The van der Waals surface area contributed by atoms with E-state index in [1.807, 2.05) is 36.4 Å². The Hall–Kier alpha value is -2.51. The first-order valence-electron chi connectivity index (χ1n) is 8.02. The number of anilines is 2. The molecule has 2 aromatic carbocycles. The van der Waals surface area contributed by atoms with E-state index in [0.29, 0.717) is 17.8 Å². The highest BCUT2D eigenvalue weighted by atomic mass is 32.1. The average Bonchev–Trinajstić information content (AvgIpc) is 3.08. The zero-order chi connectivity index (χ0) is 17.9. The van der Waals surface area contributed by atoms with Crippen LogP contribution in [0, 0.1) is 0 Å². The first kappa shape index (κ1) is 16.9. The third kappa shape index (κ3) is 3.54. The summed E-state index contributed by atoms with van der Waals surface area (Å²) >= 11 is 6.05. The Balaban J connectivity index is 1.63. The van der Waals surface area contributed by atoms with Gasteiger partial charge in [0, 0.05) is 17.0 Å². The second-order valence-corrected chi connectivity index (χ2v) is 7.29. The number of hydrogen-bond acceptors (Lipinski definition) is 6. The molecule has 4 nitrogen and oxygen atoms in total. The van der Waals surface area contributed by atoms with E-state index in [0.717, 1.165) is 31.5 Å². The average molecular weight is 382 g/mol. The van der Waals surface area contributed by atoms with Gasteiger partial charge in [0.1, 0.15) is 28.4 Å². The first-order valence-corrected chi connectivity index (χ1v) is 9.28. The number of aromatic nitrogens is 3. The van der Waals surface area contributed by atoms with Crippen LogP contribution in [-0.4, -0.2) is 15.0 Å². The lowest BCUT2D eigenvalue weighted by Crippen LogP contribution is -1.96. The van der Waals surface area contributed by atoms with Gasteiger partial charge in [0.05, 0.1) is 0 Å². The van der Waals surface area contributed by atoms with Gasteiger partial charge in [0.25, 0.3) is 0 Å². The Morgan fingerprint density at radius 2 is 1.85 bits per heavy atom. The topological polar surface area (TPSA) is 50.7 Å². The third-order valence-corrected chi connectivity index (χ3v) is 5.34. The molecule has 4 rings (SSSR count). The second-order valence-electron chi connectivity index (χ2n) is 5.74. The van der Waals surface area contributed by atoms with Crippen molar-refractivity contribution in [1.82, 2.24) is 15.0 Å². The van der Waals surface area contributed by atoms with Crippen molar-refractivity contribution >= 4 is 45.8 Å². The Morgan fingerprint density at radius 3 is 2.62 bits per heavy atom. The molecule has 0 atom stereocenters. The van der Waals surface area contributed by atoms with Crippen LogP contribution in [0.25, 0.3) is 10.3 Å². The van der Waals surface area contributed by atoms with Gasteiger partial charge in [0.2, 0.25) is 0 Å². The van der Waals surface area contributed by atoms with Crippen molar-refractivity contribution < 1.29 is 4.39 Å². The summed E-state index contributed by atoms with van der Waals surface area (Å²) in [5.41, 5.74) is 3.33. The van der Waals surface area contributed by atoms with Crippen LogP contribution in [0.5, 0.6) is 0 Å². The molecule has 0 radical (unpaired) electrons. The van der Waals surface area contributed by atoms with Gasteiger partial charge in [-0.2, -0.15) is 0 Å². The van der Waals surface area contributed by atoms with Crippen molar-refractivity contribution in [2.75, 3.05) is 5.32 Å². The molecule has 0 fully saturated rings. The predicted molar refractivity (Wildman–Crippen MR) is 106 cm³/mol. The molecule has 0 bridgehead atoms. The molecule has 0 aliphatic carbocycles. The Bertz CT molecular complexity index is 1050. The lowest BCUT2D eigenvalue weighted by atomic mass is 10.1. The smallest absolute Gasteiger partial charge is 0.161 e. The zero-order valence-corrected chi connectivity index (χ0v) is 15.4. The number of rotatable bonds is 5. The van der Waals surface area contributed by atoms with Crippen molar-refractivity contribution in [1.29, 1.82) is 0 Å². The quantitative estimate of drug-likeness (QED) is 0.467. The van der Waals surface area contributed by atoms with Gasteiger partial charge < -0.3 is 5.32 Å². The number of alkyl halides is 1. The van der Waals surface area contributed by atoms with Crippen LogP contribution in [0.2, 0.25) is 0 Å². The largest absolute Gasteiger partial charge is 0.338 e. The van der Waals surface area contributed by atoms with E-state index >= 15 is 0 Å². The normalized spacial score (nSPS) is 11.0. The summed E-state index contributed by atoms with van der Waals surface area (Å²) in [6, 6.07) is 15.1. The SMILES string of the molecule is FCc1ccc(Nc2ncnc3sc(Cc4ccccc4S)nc23)cc1. The molecular weight excluding hydrogens is 367 g/mol. The summed E-state index contributed by atoms with van der Waals surface area (Å²) in [7, 11) is 0. The molecule has 0 saturated heterocycles. The molecule has 0 aliphatic rings. The third-order valence-electron chi connectivity index (χ3n) is 3.94. The van der Waals surface area contributed by atoms with Crippen LogP contribution in [0.15, 0.2) is 59.8 Å². The van der Waals surface area contributed by atoms with Crippen molar-refractivity contribution in [3.8, 4) is 0 Å². The fourth-order valence-electron chi connectivity index (χ4n) is 2.60. The highest BCUT2D eigenvalue weighted by molar-refractivity contribution is 7.80. The fourth-order valence-corrected chi connectivity index (χ4v) is 3.77. The number of nitrogens with zero attached hydrogens (tertiary/aromatic N) is 3. The predicted octanol–water partition coefficient (Wildman–Crippen LogP) is 5.18. The molecule has 0 spiro atoms. The van der Waals surface area contributed by atoms with Crippen LogP contribution in [0.1, 0.15) is 16.1 Å². The first-order chi connectivity index (χ1) is 12.7. The van der Waals surface area contributed by atoms with Crippen molar-refractivity contribution in [2.24, 2.45) is 0 Å². The van der Waals surface area contributed by atoms with E-state index in [-0.39, 0.29) is 0 Å². The molecular formula is C19H15FN4S2. The van der Waals surface area contributed by atoms with E-state index in [1.54, 1.807) is 23.5 Å². The van der Waals surface area contributed by atoms with E-state index in [9.17, 15) is 4.39 Å². The number of thiazole rings is 1. The standard InChI is InChI=1S/C19H15FN4S2/c20-10-12-5-7-14(8-6-12)23-18-17-19(22-11-21-18)26-16(24-17)9-13-3-1-2-4-15(13)25/h1-8,11,25H,9-10H2,(H,21,22,23). The maximum Gasteiger partial charge on any atom is 0.161 e. The molecule has 2 heterocycles. The minimum absolute atomic E-state index is 0.472. The van der Waals surface area contributed by atoms with Gasteiger partial charge in [-0.25, -0.2) is 19.3 Å². The minimum Gasteiger partial charge on any atom is -0.338 e. The van der Waals surface area contributed by atoms with Gasteiger partial charge in [-0.3, -0.25) is 0 Å². The summed E-state index contributed by atoms with van der Waals surface area (Å²) in [6.07, 6.45) is 2.22. The summed E-state index contributed by atoms with van der Waals surface area (Å²) < 4.78 is 12.6. The van der Waals surface area contributed by atoms with Gasteiger partial charge in [0.15, 0.2) is 5.82 Å². The lowest BCUT2D eigenvalue weighted by Gasteiger charge is -2.06. The lowest BCUT2D eigenvalue weighted by molar-refractivity contribution is 0.485. The van der Waals surface area contributed by atoms with Gasteiger partial charge in [-0.1, -0.05) is 41.7 Å². The maximum absolute atomic E-state index is 12.6. The Morgan fingerprint density at radius 1 is 1.04 bits per heavy atom. The van der Waals surface area contributed by atoms with E-state index < -0.39 is 6.67 Å². The second kappa shape index (κ2) is 7.39. The van der Waals surface area contributed by atoms with Crippen LogP contribution in [-0.2, 0) is 13.1 Å². The molecule has 130 valence electrons.